The van der Waals surface area contributed by atoms with Crippen molar-refractivity contribution < 1.29 is 17.9 Å². The molecule has 0 aliphatic carbocycles. The van der Waals surface area contributed by atoms with Crippen LogP contribution >= 0.6 is 22.6 Å². The van der Waals surface area contributed by atoms with Gasteiger partial charge < -0.3 is 10.1 Å². The number of hydrogen-bond acceptors (Lipinski definition) is 4. The van der Waals surface area contributed by atoms with Gasteiger partial charge in [0.25, 0.3) is 5.91 Å². The molecule has 0 saturated carbocycles. The summed E-state index contributed by atoms with van der Waals surface area (Å²) in [5, 5.41) is 2.77. The Balaban J connectivity index is 1.86. The number of carbonyl (C=O) groups excluding carboxylic acids is 1. The normalized spacial score (nSPS) is 16.7. The number of halogens is 1. The zero-order valence-electron chi connectivity index (χ0n) is 13.5. The summed E-state index contributed by atoms with van der Waals surface area (Å²) in [4.78, 5) is 12.6. The van der Waals surface area contributed by atoms with Crippen molar-refractivity contribution in [2.45, 2.75) is 13.0 Å². The minimum Gasteiger partial charge on any atom is -0.476 e. The summed E-state index contributed by atoms with van der Waals surface area (Å²) < 4.78 is 32.9. The smallest absolute Gasteiger partial charge is 0.267 e. The summed E-state index contributed by atoms with van der Waals surface area (Å²) in [5.74, 6) is -0.0483. The van der Waals surface area contributed by atoms with Crippen molar-refractivity contribution in [2.75, 3.05) is 21.9 Å². The second kappa shape index (κ2) is 7.20. The van der Waals surface area contributed by atoms with Crippen molar-refractivity contribution in [3.8, 4) is 5.75 Å². The molecule has 1 amide bonds. The Labute approximate surface area is 160 Å². The summed E-state index contributed by atoms with van der Waals surface area (Å²) in [6, 6.07) is 14.2. The Kier molecular flexibility index (Phi) is 5.19. The minimum atomic E-state index is -3.51. The average Bonchev–Trinajstić information content (AvgIpc) is 2.62. The number of anilines is 2. The molecule has 3 rings (SSSR count). The molecule has 0 aromatic heterocycles. The summed E-state index contributed by atoms with van der Waals surface area (Å²) in [6.07, 6.45) is -0.921. The molecule has 25 heavy (non-hydrogen) atoms. The topological polar surface area (TPSA) is 75.7 Å². The molecule has 0 bridgehead atoms. The Morgan fingerprint density at radius 2 is 1.92 bits per heavy atom. The van der Waals surface area contributed by atoms with E-state index in [1.807, 2.05) is 12.1 Å². The van der Waals surface area contributed by atoms with Gasteiger partial charge in [-0.1, -0.05) is 12.1 Å². The van der Waals surface area contributed by atoms with Crippen LogP contribution in [0.2, 0.25) is 0 Å². The summed E-state index contributed by atoms with van der Waals surface area (Å²) in [7, 11) is -3.51. The number of para-hydroxylation sites is 2. The molecule has 1 aliphatic heterocycles. The molecule has 0 fully saturated rings. The maximum atomic E-state index is 12.6. The lowest BCUT2D eigenvalue weighted by Crippen LogP contribution is -2.49. The zero-order valence-corrected chi connectivity index (χ0v) is 16.5. The van der Waals surface area contributed by atoms with Gasteiger partial charge in [-0.15, -0.1) is 0 Å². The van der Waals surface area contributed by atoms with Gasteiger partial charge >= 0.3 is 0 Å². The van der Waals surface area contributed by atoms with Crippen molar-refractivity contribution in [1.29, 1.82) is 0 Å². The molecule has 1 atom stereocenters. The van der Waals surface area contributed by atoms with Crippen LogP contribution in [0.15, 0.2) is 48.5 Å². The molecule has 0 radical (unpaired) electrons. The van der Waals surface area contributed by atoms with Gasteiger partial charge in [0.2, 0.25) is 10.0 Å². The maximum absolute atomic E-state index is 12.6. The number of sulfonamides is 1. The van der Waals surface area contributed by atoms with E-state index in [0.29, 0.717) is 17.1 Å². The highest BCUT2D eigenvalue weighted by molar-refractivity contribution is 14.1. The van der Waals surface area contributed by atoms with Crippen LogP contribution in [0.1, 0.15) is 6.92 Å². The first kappa shape index (κ1) is 18.0. The lowest BCUT2D eigenvalue weighted by atomic mass is 10.2. The van der Waals surface area contributed by atoms with Crippen molar-refractivity contribution in [3.05, 3.63) is 52.1 Å². The van der Waals surface area contributed by atoms with E-state index in [0.717, 1.165) is 3.57 Å². The molecule has 1 heterocycles. The molecule has 0 unspecified atom stereocenters. The van der Waals surface area contributed by atoms with E-state index >= 15 is 0 Å². The van der Waals surface area contributed by atoms with Gasteiger partial charge in [0, 0.05) is 9.26 Å². The Hall–Kier alpha value is -1.81. The van der Waals surface area contributed by atoms with E-state index in [9.17, 15) is 13.2 Å². The largest absolute Gasteiger partial charge is 0.476 e. The van der Waals surface area contributed by atoms with Crippen LogP contribution in [0.3, 0.4) is 0 Å². The number of rotatable bonds is 4. The van der Waals surface area contributed by atoms with E-state index in [2.05, 4.69) is 27.9 Å². The standard InChI is InChI=1S/C17H17IN2O4S/c1-2-25(22,23)20-11-16(24-15-6-4-3-5-14(15)20)17(21)19-13-9-7-12(18)8-10-13/h3-10,16H,2,11H2,1H3,(H,19,21)/t16-/m1/s1. The van der Waals surface area contributed by atoms with Crippen LogP contribution in [-0.2, 0) is 14.8 Å². The zero-order chi connectivity index (χ0) is 18.0. The number of carbonyl (C=O) groups is 1. The number of ether oxygens (including phenoxy) is 1. The molecule has 0 spiro atoms. The van der Waals surface area contributed by atoms with E-state index in [1.165, 1.54) is 4.31 Å². The van der Waals surface area contributed by atoms with Gasteiger partial charge in [-0.3, -0.25) is 9.10 Å². The van der Waals surface area contributed by atoms with E-state index in [1.54, 1.807) is 43.3 Å². The fourth-order valence-corrected chi connectivity index (χ4v) is 4.00. The second-order valence-corrected chi connectivity index (χ2v) is 8.93. The lowest BCUT2D eigenvalue weighted by molar-refractivity contribution is -0.122. The Morgan fingerprint density at radius 3 is 2.60 bits per heavy atom. The molecule has 8 heteroatoms. The third-order valence-electron chi connectivity index (χ3n) is 3.84. The van der Waals surface area contributed by atoms with Gasteiger partial charge in [0.15, 0.2) is 6.10 Å². The van der Waals surface area contributed by atoms with Gasteiger partial charge in [0.05, 0.1) is 18.0 Å². The van der Waals surface area contributed by atoms with E-state index in [4.69, 9.17) is 4.74 Å². The fraction of sp³-hybridized carbons (Fsp3) is 0.235. The van der Waals surface area contributed by atoms with Gasteiger partial charge in [-0.25, -0.2) is 8.42 Å². The Morgan fingerprint density at radius 1 is 1.24 bits per heavy atom. The van der Waals surface area contributed by atoms with Gasteiger partial charge in [0.1, 0.15) is 5.75 Å². The van der Waals surface area contributed by atoms with Crippen molar-refractivity contribution in [2.24, 2.45) is 0 Å². The second-order valence-electron chi connectivity index (χ2n) is 5.50. The quantitative estimate of drug-likeness (QED) is 0.695. The highest BCUT2D eigenvalue weighted by Crippen LogP contribution is 2.35. The third-order valence-corrected chi connectivity index (χ3v) is 6.31. The molecule has 2 aromatic carbocycles. The molecular formula is C17H17IN2O4S. The summed E-state index contributed by atoms with van der Waals surface area (Å²) in [5.41, 5.74) is 1.10. The molecule has 132 valence electrons. The third kappa shape index (κ3) is 3.90. The number of benzene rings is 2. The lowest BCUT2D eigenvalue weighted by Gasteiger charge is -2.34. The highest BCUT2D eigenvalue weighted by atomic mass is 127. The fourth-order valence-electron chi connectivity index (χ4n) is 2.51. The first-order chi connectivity index (χ1) is 11.9. The average molecular weight is 472 g/mol. The summed E-state index contributed by atoms with van der Waals surface area (Å²) in [6.45, 7) is 1.53. The van der Waals surface area contributed by atoms with E-state index in [-0.39, 0.29) is 18.2 Å². The molecule has 0 saturated heterocycles. The first-order valence-corrected chi connectivity index (χ1v) is 10.4. The Bertz CT molecular complexity index is 884. The molecule has 2 aromatic rings. The number of amides is 1. The predicted molar refractivity (Wildman–Crippen MR) is 105 cm³/mol. The van der Waals surface area contributed by atoms with Crippen LogP contribution in [0.25, 0.3) is 0 Å². The molecule has 1 aliphatic rings. The number of fused-ring (bicyclic) bond motifs is 1. The van der Waals surface area contributed by atoms with Crippen LogP contribution in [-0.4, -0.2) is 32.7 Å². The van der Waals surface area contributed by atoms with Crippen LogP contribution in [0.5, 0.6) is 5.75 Å². The maximum Gasteiger partial charge on any atom is 0.267 e. The van der Waals surface area contributed by atoms with Crippen LogP contribution in [0.4, 0.5) is 11.4 Å². The molecular weight excluding hydrogens is 455 g/mol. The van der Waals surface area contributed by atoms with E-state index < -0.39 is 16.1 Å². The molecule has 1 N–H and O–H groups in total. The SMILES string of the molecule is CCS(=O)(=O)N1C[C@H](C(=O)Nc2ccc(I)cc2)Oc2ccccc21. The predicted octanol–water partition coefficient (Wildman–Crippen LogP) is 2.85. The minimum absolute atomic E-state index is 0.0488. The van der Waals surface area contributed by atoms with Gasteiger partial charge in [-0.05, 0) is 65.9 Å². The number of nitrogens with zero attached hydrogens (tertiary/aromatic N) is 1. The molecule has 6 nitrogen and oxygen atoms in total. The number of hydrogen-bond donors (Lipinski definition) is 1. The summed E-state index contributed by atoms with van der Waals surface area (Å²) >= 11 is 2.18. The van der Waals surface area contributed by atoms with Crippen molar-refractivity contribution >= 4 is 49.9 Å². The number of nitrogens with one attached hydrogen (secondary N) is 1. The van der Waals surface area contributed by atoms with Crippen molar-refractivity contribution in [3.63, 3.8) is 0 Å². The first-order valence-electron chi connectivity index (χ1n) is 7.73. The highest BCUT2D eigenvalue weighted by Gasteiger charge is 2.35. The van der Waals surface area contributed by atoms with Gasteiger partial charge in [-0.2, -0.15) is 0 Å². The monoisotopic (exact) mass is 472 g/mol. The van der Waals surface area contributed by atoms with Crippen LogP contribution in [0, 0.1) is 3.57 Å². The van der Waals surface area contributed by atoms with Crippen molar-refractivity contribution in [1.82, 2.24) is 0 Å². The van der Waals surface area contributed by atoms with Crippen LogP contribution < -0.4 is 14.4 Å².